The molecule has 0 N–H and O–H groups in total. The molecule has 0 saturated carbocycles. The predicted molar refractivity (Wildman–Crippen MR) is 147 cm³/mol. The molecule has 0 aliphatic carbocycles. The number of aryl methyl sites for hydroxylation is 3. The van der Waals surface area contributed by atoms with Gasteiger partial charge >= 0.3 is 0 Å². The van der Waals surface area contributed by atoms with Gasteiger partial charge in [0.15, 0.2) is 0 Å². The Bertz CT molecular complexity index is 1130. The van der Waals surface area contributed by atoms with Crippen LogP contribution >= 0.6 is 0 Å². The first kappa shape index (κ1) is 26.7. The van der Waals surface area contributed by atoms with Crippen molar-refractivity contribution in [2.24, 2.45) is 5.41 Å². The average molecular weight is 471 g/mol. The fourth-order valence-electron chi connectivity index (χ4n) is 4.97. The van der Waals surface area contributed by atoms with Crippen molar-refractivity contribution in [1.82, 2.24) is 0 Å². The lowest BCUT2D eigenvalue weighted by atomic mass is 9.69. The molecule has 186 valence electrons. The lowest BCUT2D eigenvalue weighted by molar-refractivity contribution is -0.126. The van der Waals surface area contributed by atoms with E-state index >= 15 is 0 Å². The van der Waals surface area contributed by atoms with E-state index in [-0.39, 0.29) is 10.8 Å². The number of benzene rings is 3. The van der Waals surface area contributed by atoms with Crippen LogP contribution in [0.3, 0.4) is 0 Å². The van der Waals surface area contributed by atoms with Crippen LogP contribution in [0.1, 0.15) is 87.3 Å². The second-order valence-corrected chi connectivity index (χ2v) is 10.9. The van der Waals surface area contributed by atoms with Gasteiger partial charge in [-0.15, -0.1) is 0 Å². The first-order valence-electron chi connectivity index (χ1n) is 13.0. The number of hydrogen-bond acceptors (Lipinski definition) is 2. The highest BCUT2D eigenvalue weighted by molar-refractivity contribution is 5.83. The van der Waals surface area contributed by atoms with Crippen LogP contribution in [-0.2, 0) is 23.2 Å². The largest absolute Gasteiger partial charge is 0.489 e. The molecule has 0 atom stereocenters. The van der Waals surface area contributed by atoms with Gasteiger partial charge in [-0.05, 0) is 72.6 Å². The quantitative estimate of drug-likeness (QED) is 0.297. The topological polar surface area (TPSA) is 26.3 Å². The molecule has 0 heterocycles. The van der Waals surface area contributed by atoms with Gasteiger partial charge in [0.05, 0.1) is 0 Å². The minimum Gasteiger partial charge on any atom is -0.489 e. The molecule has 0 unspecified atom stereocenters. The minimum atomic E-state index is -0.276. The fraction of sp³-hybridized carbons (Fsp3) is 0.424. The molecule has 2 nitrogen and oxygen atoms in total. The van der Waals surface area contributed by atoms with Gasteiger partial charge in [-0.25, -0.2) is 0 Å². The van der Waals surface area contributed by atoms with E-state index in [2.05, 4.69) is 76.2 Å². The Morgan fingerprint density at radius 3 is 1.94 bits per heavy atom. The summed E-state index contributed by atoms with van der Waals surface area (Å²) in [7, 11) is 0. The number of ether oxygens (including phenoxy) is 1. The Hall–Kier alpha value is -2.87. The van der Waals surface area contributed by atoms with Crippen LogP contribution in [0.15, 0.2) is 66.7 Å². The Labute approximate surface area is 212 Å². The number of rotatable bonds is 10. The molecule has 0 spiro atoms. The van der Waals surface area contributed by atoms with Gasteiger partial charge in [0, 0.05) is 17.3 Å². The summed E-state index contributed by atoms with van der Waals surface area (Å²) in [5.74, 6) is 1.26. The molecule has 0 radical (unpaired) electrons. The highest BCUT2D eigenvalue weighted by atomic mass is 16.5. The number of Topliss-reactive ketones (excluding diaryl/α,β-unsaturated/α-hetero) is 1. The summed E-state index contributed by atoms with van der Waals surface area (Å²) in [5, 5.41) is 0. The van der Waals surface area contributed by atoms with E-state index in [1.165, 1.54) is 33.4 Å². The molecule has 0 saturated heterocycles. The summed E-state index contributed by atoms with van der Waals surface area (Å²) < 4.78 is 6.14. The molecular formula is C33H42O2. The van der Waals surface area contributed by atoms with Crippen molar-refractivity contribution in [3.8, 4) is 5.75 Å². The third-order valence-electron chi connectivity index (χ3n) is 7.52. The van der Waals surface area contributed by atoms with Crippen LogP contribution < -0.4 is 4.74 Å². The Morgan fingerprint density at radius 2 is 1.40 bits per heavy atom. The molecule has 0 aliphatic rings. The van der Waals surface area contributed by atoms with Crippen LogP contribution in [0.2, 0.25) is 0 Å². The molecular weight excluding hydrogens is 428 g/mol. The number of carbonyl (C=O) groups is 1. The smallest absolute Gasteiger partial charge is 0.138 e. The van der Waals surface area contributed by atoms with Crippen molar-refractivity contribution in [3.05, 3.63) is 100 Å². The van der Waals surface area contributed by atoms with Gasteiger partial charge < -0.3 is 4.74 Å². The minimum absolute atomic E-state index is 0.0484. The van der Waals surface area contributed by atoms with Gasteiger partial charge in [-0.1, -0.05) is 95.3 Å². The van der Waals surface area contributed by atoms with Crippen molar-refractivity contribution in [3.63, 3.8) is 0 Å². The summed E-state index contributed by atoms with van der Waals surface area (Å²) in [6, 6.07) is 23.8. The Balaban J connectivity index is 1.84. The second kappa shape index (κ2) is 11.2. The molecule has 2 heteroatoms. The molecule has 3 aromatic carbocycles. The zero-order chi connectivity index (χ0) is 25.6. The molecule has 0 aliphatic heterocycles. The lowest BCUT2D eigenvalue weighted by Gasteiger charge is -2.34. The lowest BCUT2D eigenvalue weighted by Crippen LogP contribution is -2.26. The Kier molecular flexibility index (Phi) is 8.59. The van der Waals surface area contributed by atoms with Crippen LogP contribution in [0.25, 0.3) is 0 Å². The zero-order valence-electron chi connectivity index (χ0n) is 22.7. The van der Waals surface area contributed by atoms with Crippen molar-refractivity contribution in [2.45, 2.75) is 86.2 Å². The summed E-state index contributed by atoms with van der Waals surface area (Å²) in [5.41, 5.74) is 7.25. The highest BCUT2D eigenvalue weighted by Gasteiger charge is 2.31. The predicted octanol–water partition coefficient (Wildman–Crippen LogP) is 8.54. The first-order valence-corrected chi connectivity index (χ1v) is 13.0. The highest BCUT2D eigenvalue weighted by Crippen LogP contribution is 2.41. The number of hydrogen-bond donors (Lipinski definition) is 0. The van der Waals surface area contributed by atoms with E-state index < -0.39 is 0 Å². The van der Waals surface area contributed by atoms with E-state index in [0.717, 1.165) is 25.0 Å². The monoisotopic (exact) mass is 470 g/mol. The van der Waals surface area contributed by atoms with Gasteiger partial charge in [-0.2, -0.15) is 0 Å². The van der Waals surface area contributed by atoms with E-state index in [0.29, 0.717) is 18.8 Å². The molecule has 0 fully saturated rings. The molecule has 0 amide bonds. The van der Waals surface area contributed by atoms with Gasteiger partial charge in [0.1, 0.15) is 18.1 Å². The van der Waals surface area contributed by atoms with Crippen LogP contribution in [-0.4, -0.2) is 5.78 Å². The summed E-state index contributed by atoms with van der Waals surface area (Å²) in [4.78, 5) is 12.4. The van der Waals surface area contributed by atoms with Crippen LogP contribution in [0.4, 0.5) is 0 Å². The van der Waals surface area contributed by atoms with Crippen LogP contribution in [0, 0.1) is 19.3 Å². The summed E-state index contributed by atoms with van der Waals surface area (Å²) in [6.45, 7) is 15.5. The van der Waals surface area contributed by atoms with E-state index in [4.69, 9.17) is 4.74 Å². The fourth-order valence-corrected chi connectivity index (χ4v) is 4.97. The van der Waals surface area contributed by atoms with Crippen molar-refractivity contribution in [2.75, 3.05) is 0 Å². The third-order valence-corrected chi connectivity index (χ3v) is 7.52. The standard InChI is InChI=1S/C33H42O2/c1-8-33(9-2,28-17-15-27(24(3)21-28)16-20-31(34)32(5,6)7)29-18-19-30(25(4)22-29)35-23-26-13-11-10-12-14-26/h10-15,17-19,21-22H,8-9,16,20,23H2,1-7H3. The molecule has 3 aromatic rings. The summed E-state index contributed by atoms with van der Waals surface area (Å²) >= 11 is 0. The Morgan fingerprint density at radius 1 is 0.800 bits per heavy atom. The molecule has 3 rings (SSSR count). The van der Waals surface area contributed by atoms with E-state index in [1.807, 2.05) is 39.0 Å². The van der Waals surface area contributed by atoms with Gasteiger partial charge in [0.25, 0.3) is 0 Å². The van der Waals surface area contributed by atoms with Crippen molar-refractivity contribution in [1.29, 1.82) is 0 Å². The first-order chi connectivity index (χ1) is 16.6. The number of carbonyl (C=O) groups excluding carboxylic acids is 1. The average Bonchev–Trinajstić information content (AvgIpc) is 2.84. The molecule has 35 heavy (non-hydrogen) atoms. The van der Waals surface area contributed by atoms with Crippen molar-refractivity contribution < 1.29 is 9.53 Å². The maximum atomic E-state index is 12.4. The SMILES string of the molecule is CCC(CC)(c1ccc(CCC(=O)C(C)(C)C)c(C)c1)c1ccc(OCc2ccccc2)c(C)c1. The van der Waals surface area contributed by atoms with E-state index in [1.54, 1.807) is 0 Å². The summed E-state index contributed by atoms with van der Waals surface area (Å²) in [6.07, 6.45) is 3.45. The maximum absolute atomic E-state index is 12.4. The number of ketones is 1. The normalized spacial score (nSPS) is 12.0. The molecule has 0 bridgehead atoms. The molecule has 0 aromatic heterocycles. The maximum Gasteiger partial charge on any atom is 0.138 e. The van der Waals surface area contributed by atoms with Crippen LogP contribution in [0.5, 0.6) is 5.75 Å². The zero-order valence-corrected chi connectivity index (χ0v) is 22.7. The third kappa shape index (κ3) is 6.23. The van der Waals surface area contributed by atoms with Gasteiger partial charge in [0.2, 0.25) is 0 Å². The van der Waals surface area contributed by atoms with Crippen molar-refractivity contribution >= 4 is 5.78 Å². The van der Waals surface area contributed by atoms with Gasteiger partial charge in [-0.3, -0.25) is 4.79 Å². The van der Waals surface area contributed by atoms with E-state index in [9.17, 15) is 4.79 Å². The second-order valence-electron chi connectivity index (χ2n) is 10.9.